The molecule has 0 aliphatic heterocycles. The molecule has 0 spiro atoms. The molecule has 6 heteroatoms. The molecule has 0 unspecified atom stereocenters. The van der Waals surface area contributed by atoms with Crippen molar-refractivity contribution in [1.29, 1.82) is 0 Å². The lowest BCUT2D eigenvalue weighted by molar-refractivity contribution is 0.0689. The van der Waals surface area contributed by atoms with Crippen molar-refractivity contribution in [2.75, 3.05) is 5.32 Å². The van der Waals surface area contributed by atoms with E-state index in [1.807, 2.05) is 33.8 Å². The fourth-order valence-corrected chi connectivity index (χ4v) is 2.79. The Morgan fingerprint density at radius 2 is 1.96 bits per heavy atom. The van der Waals surface area contributed by atoms with Gasteiger partial charge in [0, 0.05) is 22.5 Å². The minimum atomic E-state index is -1.08. The van der Waals surface area contributed by atoms with Gasteiger partial charge in [-0.2, -0.15) is 0 Å². The van der Waals surface area contributed by atoms with Gasteiger partial charge in [-0.15, -0.1) is 0 Å². The van der Waals surface area contributed by atoms with E-state index in [2.05, 4.69) is 10.3 Å². The minimum absolute atomic E-state index is 0.0341. The maximum absolute atomic E-state index is 11.9. The van der Waals surface area contributed by atoms with E-state index in [9.17, 15) is 9.90 Å². The number of nitrogens with one attached hydrogen (secondary N) is 1. The highest BCUT2D eigenvalue weighted by Gasteiger charge is 2.22. The number of hydrogen-bond acceptors (Lipinski definition) is 4. The number of hydrogen-bond donors (Lipinski definition) is 2. The largest absolute Gasteiger partial charge is 0.489 e. The molecule has 0 aliphatic carbocycles. The third kappa shape index (κ3) is 4.63. The van der Waals surface area contributed by atoms with Crippen molar-refractivity contribution in [2.45, 2.75) is 46.6 Å². The number of rotatable bonds is 7. The number of benzene rings is 1. The number of anilines is 2. The molecule has 134 valence electrons. The summed E-state index contributed by atoms with van der Waals surface area (Å²) in [5.74, 6) is -0.482. The van der Waals surface area contributed by atoms with E-state index in [4.69, 9.17) is 16.3 Å². The molecule has 2 N–H and O–H groups in total. The standard InChI is InChI=1S/C19H23ClN2O3/c1-5-14(6-2)25-16-10-12(4)21-18(17(16)19(23)24)22-15-8-7-13(20)9-11(15)3/h7-10,14H,5-6H2,1-4H3,(H,21,22)(H,23,24). The van der Waals surface area contributed by atoms with Crippen LogP contribution in [0.3, 0.4) is 0 Å². The second kappa shape index (κ2) is 8.21. The molecular weight excluding hydrogens is 340 g/mol. The number of aromatic nitrogens is 1. The van der Waals surface area contributed by atoms with Crippen LogP contribution < -0.4 is 10.1 Å². The van der Waals surface area contributed by atoms with E-state index in [-0.39, 0.29) is 17.5 Å². The van der Waals surface area contributed by atoms with Gasteiger partial charge in [0.2, 0.25) is 0 Å². The zero-order valence-corrected chi connectivity index (χ0v) is 15.6. The Morgan fingerprint density at radius 3 is 2.52 bits per heavy atom. The van der Waals surface area contributed by atoms with Gasteiger partial charge in [-0.3, -0.25) is 0 Å². The Morgan fingerprint density at radius 1 is 1.28 bits per heavy atom. The molecule has 2 rings (SSSR count). The molecular formula is C19H23ClN2O3. The third-order valence-electron chi connectivity index (χ3n) is 3.97. The van der Waals surface area contributed by atoms with E-state index in [1.54, 1.807) is 18.2 Å². The van der Waals surface area contributed by atoms with Crippen molar-refractivity contribution in [2.24, 2.45) is 0 Å². The summed E-state index contributed by atoms with van der Waals surface area (Å²) in [7, 11) is 0. The van der Waals surface area contributed by atoms with Crippen LogP contribution in [0.25, 0.3) is 0 Å². The molecule has 0 radical (unpaired) electrons. The van der Waals surface area contributed by atoms with Crippen molar-refractivity contribution in [3.05, 3.63) is 46.1 Å². The lowest BCUT2D eigenvalue weighted by Crippen LogP contribution is -2.17. The van der Waals surface area contributed by atoms with Crippen molar-refractivity contribution in [1.82, 2.24) is 4.98 Å². The van der Waals surface area contributed by atoms with Gasteiger partial charge in [0.15, 0.2) is 0 Å². The first-order chi connectivity index (χ1) is 11.8. The zero-order valence-electron chi connectivity index (χ0n) is 14.9. The molecule has 1 aromatic heterocycles. The summed E-state index contributed by atoms with van der Waals surface area (Å²) in [6.45, 7) is 7.73. The number of pyridine rings is 1. The average Bonchev–Trinajstić information content (AvgIpc) is 2.54. The Hall–Kier alpha value is -2.27. The number of ether oxygens (including phenoxy) is 1. The summed E-state index contributed by atoms with van der Waals surface area (Å²) >= 11 is 5.98. The molecule has 0 saturated heterocycles. The third-order valence-corrected chi connectivity index (χ3v) is 4.21. The fourth-order valence-electron chi connectivity index (χ4n) is 2.56. The van der Waals surface area contributed by atoms with Gasteiger partial charge in [0.1, 0.15) is 17.1 Å². The van der Waals surface area contributed by atoms with Crippen molar-refractivity contribution in [3.8, 4) is 5.75 Å². The normalized spacial score (nSPS) is 10.8. The van der Waals surface area contributed by atoms with Crippen LogP contribution in [0.4, 0.5) is 11.5 Å². The number of carbonyl (C=O) groups is 1. The summed E-state index contributed by atoms with van der Waals surface area (Å²) in [6.07, 6.45) is 1.57. The quantitative estimate of drug-likeness (QED) is 0.693. The van der Waals surface area contributed by atoms with E-state index in [0.29, 0.717) is 16.5 Å². The first kappa shape index (κ1) is 19.1. The number of nitrogens with zero attached hydrogens (tertiary/aromatic N) is 1. The van der Waals surface area contributed by atoms with Gasteiger partial charge in [-0.25, -0.2) is 9.78 Å². The monoisotopic (exact) mass is 362 g/mol. The van der Waals surface area contributed by atoms with Crippen LogP contribution in [-0.2, 0) is 0 Å². The van der Waals surface area contributed by atoms with Gasteiger partial charge in [0.05, 0.1) is 6.10 Å². The molecule has 0 amide bonds. The van der Waals surface area contributed by atoms with Gasteiger partial charge in [0.25, 0.3) is 0 Å². The van der Waals surface area contributed by atoms with Crippen LogP contribution in [-0.4, -0.2) is 22.2 Å². The molecule has 0 aliphatic rings. The van der Waals surface area contributed by atoms with Crippen LogP contribution in [0.5, 0.6) is 5.75 Å². The molecule has 2 aromatic rings. The second-order valence-electron chi connectivity index (χ2n) is 5.93. The minimum Gasteiger partial charge on any atom is -0.489 e. The number of aryl methyl sites for hydroxylation is 2. The molecule has 1 aromatic carbocycles. The number of carboxylic acid groups (broad SMARTS) is 1. The predicted octanol–water partition coefficient (Wildman–Crippen LogP) is 5.36. The topological polar surface area (TPSA) is 71.5 Å². The molecule has 0 saturated carbocycles. The lowest BCUT2D eigenvalue weighted by Gasteiger charge is -2.20. The van der Waals surface area contributed by atoms with E-state index >= 15 is 0 Å². The molecule has 1 heterocycles. The van der Waals surface area contributed by atoms with Crippen molar-refractivity contribution >= 4 is 29.1 Å². The maximum Gasteiger partial charge on any atom is 0.343 e. The summed E-state index contributed by atoms with van der Waals surface area (Å²) < 4.78 is 5.93. The number of carboxylic acids is 1. The molecule has 0 atom stereocenters. The van der Waals surface area contributed by atoms with E-state index in [1.165, 1.54) is 0 Å². The summed E-state index contributed by atoms with van der Waals surface area (Å²) in [4.78, 5) is 16.2. The molecule has 0 bridgehead atoms. The average molecular weight is 363 g/mol. The van der Waals surface area contributed by atoms with Crippen LogP contribution in [0, 0.1) is 13.8 Å². The molecule has 0 fully saturated rings. The highest BCUT2D eigenvalue weighted by atomic mass is 35.5. The van der Waals surface area contributed by atoms with E-state index in [0.717, 1.165) is 24.1 Å². The van der Waals surface area contributed by atoms with Gasteiger partial charge in [-0.05, 0) is 50.5 Å². The first-order valence-corrected chi connectivity index (χ1v) is 8.68. The summed E-state index contributed by atoms with van der Waals surface area (Å²) in [5, 5.41) is 13.4. The van der Waals surface area contributed by atoms with Crippen LogP contribution in [0.15, 0.2) is 24.3 Å². The second-order valence-corrected chi connectivity index (χ2v) is 6.37. The first-order valence-electron chi connectivity index (χ1n) is 8.30. The summed E-state index contributed by atoms with van der Waals surface area (Å²) in [5.41, 5.74) is 2.36. The Bertz CT molecular complexity index is 774. The highest BCUT2D eigenvalue weighted by molar-refractivity contribution is 6.30. The van der Waals surface area contributed by atoms with E-state index < -0.39 is 5.97 Å². The Kier molecular flexibility index (Phi) is 6.26. The zero-order chi connectivity index (χ0) is 18.6. The van der Waals surface area contributed by atoms with Crippen molar-refractivity contribution in [3.63, 3.8) is 0 Å². The Labute approximate surface area is 153 Å². The van der Waals surface area contributed by atoms with Gasteiger partial charge < -0.3 is 15.2 Å². The van der Waals surface area contributed by atoms with Gasteiger partial charge in [-0.1, -0.05) is 25.4 Å². The summed E-state index contributed by atoms with van der Waals surface area (Å²) in [6, 6.07) is 7.02. The predicted molar refractivity (Wildman–Crippen MR) is 100 cm³/mol. The molecule has 5 nitrogen and oxygen atoms in total. The van der Waals surface area contributed by atoms with Gasteiger partial charge >= 0.3 is 5.97 Å². The SMILES string of the molecule is CCC(CC)Oc1cc(C)nc(Nc2ccc(Cl)cc2C)c1C(=O)O. The molecule has 25 heavy (non-hydrogen) atoms. The highest BCUT2D eigenvalue weighted by Crippen LogP contribution is 2.31. The van der Waals surface area contributed by atoms with Crippen LogP contribution in [0.2, 0.25) is 5.02 Å². The maximum atomic E-state index is 11.9. The van der Waals surface area contributed by atoms with Crippen LogP contribution >= 0.6 is 11.6 Å². The number of aromatic carboxylic acids is 1. The lowest BCUT2D eigenvalue weighted by atomic mass is 10.1. The number of halogens is 1. The fraction of sp³-hybridized carbons (Fsp3) is 0.368. The van der Waals surface area contributed by atoms with Crippen LogP contribution in [0.1, 0.15) is 48.3 Å². The Balaban J connectivity index is 2.49. The van der Waals surface area contributed by atoms with Crippen molar-refractivity contribution < 1.29 is 14.6 Å². The smallest absolute Gasteiger partial charge is 0.343 e.